The molecule has 0 aliphatic carbocycles. The number of ether oxygens (including phenoxy) is 2. The van der Waals surface area contributed by atoms with Gasteiger partial charge in [0, 0.05) is 0 Å². The van der Waals surface area contributed by atoms with Crippen molar-refractivity contribution in [2.45, 2.75) is 39.0 Å². The summed E-state index contributed by atoms with van der Waals surface area (Å²) in [6.45, 7) is 5.36. The zero-order valence-corrected chi connectivity index (χ0v) is 39.4. The number of hydrogen-bond donors (Lipinski definition) is 3. The molecule has 0 saturated carbocycles. The molecule has 8 heteroatoms. The summed E-state index contributed by atoms with van der Waals surface area (Å²) in [7, 11) is 3.96. The Morgan fingerprint density at radius 1 is 0.393 bits per heavy atom. The summed E-state index contributed by atoms with van der Waals surface area (Å²) in [6.07, 6.45) is 6.99. The maximum atomic E-state index is 8.00. The number of rotatable bonds is 25. The van der Waals surface area contributed by atoms with Crippen LogP contribution in [0.25, 0.3) is 0 Å². The van der Waals surface area contributed by atoms with E-state index >= 15 is 0 Å². The minimum absolute atomic E-state index is 0.723. The van der Waals surface area contributed by atoms with Crippen molar-refractivity contribution in [1.29, 1.82) is 0 Å². The van der Waals surface area contributed by atoms with Gasteiger partial charge in [-0.05, 0) is 0 Å². The summed E-state index contributed by atoms with van der Waals surface area (Å²) in [5, 5.41) is 18.4. The van der Waals surface area contributed by atoms with E-state index in [2.05, 4.69) is 205 Å². The molecule has 0 aliphatic heterocycles. The monoisotopic (exact) mass is 877 g/mol. The van der Waals surface area contributed by atoms with Crippen molar-refractivity contribution < 1.29 is 9.47 Å². The van der Waals surface area contributed by atoms with E-state index in [0.29, 0.717) is 0 Å². The van der Waals surface area contributed by atoms with Gasteiger partial charge >= 0.3 is 374 Å². The Balaban J connectivity index is 0.000000232. The van der Waals surface area contributed by atoms with Crippen LogP contribution in [0, 0.1) is 0 Å². The van der Waals surface area contributed by atoms with Crippen LogP contribution in [0.15, 0.2) is 182 Å². The molecule has 0 spiro atoms. The molecule has 6 aromatic carbocycles. The molecule has 0 unspecified atom stereocenters. The molecule has 6 aromatic rings. The van der Waals surface area contributed by atoms with Crippen molar-refractivity contribution in [2.75, 3.05) is 72.5 Å². The summed E-state index contributed by atoms with van der Waals surface area (Å²) in [4.78, 5) is 0. The SMILES string of the molecule is CCCNP(CCCOCCCNC)(c1ccccc1)(c1ccccc1)c1ccccc1.CNCCCOCCCP(Cl)(c1ccccc1)(c1ccccc1)c1ccccc1. The molecule has 0 radical (unpaired) electrons. The third-order valence-electron chi connectivity index (χ3n) is 11.8. The molecule has 5 nitrogen and oxygen atoms in total. The van der Waals surface area contributed by atoms with Gasteiger partial charge in [-0.1, -0.05) is 0 Å². The van der Waals surface area contributed by atoms with E-state index in [1.54, 1.807) is 0 Å². The number of nitrogens with one attached hydrogen (secondary N) is 3. The normalized spacial score (nSPS) is 12.9. The van der Waals surface area contributed by atoms with Gasteiger partial charge in [-0.15, -0.1) is 0 Å². The standard InChI is InChI=1S/C28H39N2OP.C25H31ClNOP/c1-3-21-30-32(26-15-7-4-8-16-26,27-17-9-5-10-18-27,28-19-11-6-12-20-28)25-14-24-31-23-13-22-29-2;1-27-19-11-20-28-21-12-22-29(26,23-13-5-2-6-14-23,24-15-7-3-8-16-24)25-17-9-4-10-18-25/h4-12,15-20,29-30H,3,13-14,21-25H2,1-2H3;2-10,13-18,27H,11-12,19-22H2,1H3. The minimum atomic E-state index is -3.13. The van der Waals surface area contributed by atoms with E-state index in [-0.39, 0.29) is 0 Å². The van der Waals surface area contributed by atoms with Gasteiger partial charge in [0.05, 0.1) is 0 Å². The van der Waals surface area contributed by atoms with Crippen LogP contribution in [0.5, 0.6) is 0 Å². The van der Waals surface area contributed by atoms with Crippen molar-refractivity contribution >= 4 is 55.8 Å². The molecule has 3 N–H and O–H groups in total. The molecule has 0 saturated heterocycles. The topological polar surface area (TPSA) is 54.5 Å². The molecule has 326 valence electrons. The van der Waals surface area contributed by atoms with Crippen LogP contribution >= 0.6 is 24.0 Å². The van der Waals surface area contributed by atoms with Crippen molar-refractivity contribution in [3.8, 4) is 0 Å². The van der Waals surface area contributed by atoms with Gasteiger partial charge in [0.25, 0.3) is 0 Å². The van der Waals surface area contributed by atoms with E-state index in [1.807, 2.05) is 14.1 Å². The van der Waals surface area contributed by atoms with Gasteiger partial charge in [0.1, 0.15) is 0 Å². The van der Waals surface area contributed by atoms with Gasteiger partial charge in [-0.2, -0.15) is 0 Å². The fourth-order valence-corrected chi connectivity index (χ4v) is 21.2. The quantitative estimate of drug-likeness (QED) is 0.0396. The Morgan fingerprint density at radius 3 is 1.00 bits per heavy atom. The summed E-state index contributed by atoms with van der Waals surface area (Å²) >= 11 is 8.00. The number of benzene rings is 6. The average molecular weight is 879 g/mol. The molecule has 61 heavy (non-hydrogen) atoms. The molecule has 0 aromatic heterocycles. The van der Waals surface area contributed by atoms with Crippen LogP contribution in [0.1, 0.15) is 39.0 Å². The molecule has 6 rings (SSSR count). The third kappa shape index (κ3) is 11.5. The van der Waals surface area contributed by atoms with Crippen LogP contribution in [0.3, 0.4) is 0 Å². The Kier molecular flexibility index (Phi) is 19.6. The van der Waals surface area contributed by atoms with E-state index in [9.17, 15) is 0 Å². The summed E-state index contributed by atoms with van der Waals surface area (Å²) < 4.78 is 11.9. The molecule has 0 aliphatic rings. The fourth-order valence-electron chi connectivity index (χ4n) is 8.72. The molecular formula is C53H70ClN3O2P2. The first-order valence-electron chi connectivity index (χ1n) is 22.3. The zero-order valence-electron chi connectivity index (χ0n) is 36.8. The Bertz CT molecular complexity index is 1870. The van der Waals surface area contributed by atoms with E-state index in [0.717, 1.165) is 90.5 Å². The van der Waals surface area contributed by atoms with Crippen LogP contribution in [-0.2, 0) is 9.47 Å². The second-order valence-corrected chi connectivity index (χ2v) is 27.2. The molecule has 0 fully saturated rings. The number of halogens is 1. The second kappa shape index (κ2) is 24.8. The van der Waals surface area contributed by atoms with Crippen LogP contribution < -0.4 is 47.5 Å². The molecule has 0 heterocycles. The van der Waals surface area contributed by atoms with Crippen molar-refractivity contribution in [2.24, 2.45) is 0 Å². The van der Waals surface area contributed by atoms with Crippen LogP contribution in [-0.4, -0.2) is 72.5 Å². The van der Waals surface area contributed by atoms with Crippen LogP contribution in [0.4, 0.5) is 0 Å². The molecule has 0 bridgehead atoms. The second-order valence-electron chi connectivity index (χ2n) is 15.7. The van der Waals surface area contributed by atoms with Crippen molar-refractivity contribution in [3.05, 3.63) is 182 Å². The Morgan fingerprint density at radius 2 is 0.689 bits per heavy atom. The fraction of sp³-hybridized carbons (Fsp3) is 0.321. The first-order chi connectivity index (χ1) is 30.0. The maximum absolute atomic E-state index is 8.00. The predicted molar refractivity (Wildman–Crippen MR) is 272 cm³/mol. The molecular weight excluding hydrogens is 808 g/mol. The van der Waals surface area contributed by atoms with Crippen molar-refractivity contribution in [3.63, 3.8) is 0 Å². The molecule has 0 atom stereocenters. The number of hydrogen-bond acceptors (Lipinski definition) is 5. The van der Waals surface area contributed by atoms with Gasteiger partial charge in [0.2, 0.25) is 0 Å². The predicted octanol–water partition coefficient (Wildman–Crippen LogP) is 9.13. The summed E-state index contributed by atoms with van der Waals surface area (Å²) in [5.41, 5.74) is 0. The summed E-state index contributed by atoms with van der Waals surface area (Å²) in [6, 6.07) is 65.3. The Hall–Kier alpha value is -3.73. The van der Waals surface area contributed by atoms with E-state index in [4.69, 9.17) is 20.7 Å². The van der Waals surface area contributed by atoms with Gasteiger partial charge in [-0.3, -0.25) is 0 Å². The average Bonchev–Trinajstić information content (AvgIpc) is 3.34. The van der Waals surface area contributed by atoms with E-state index < -0.39 is 12.7 Å². The third-order valence-corrected chi connectivity index (χ3v) is 25.8. The summed E-state index contributed by atoms with van der Waals surface area (Å²) in [5.74, 6) is -3.13. The zero-order chi connectivity index (χ0) is 43.0. The van der Waals surface area contributed by atoms with E-state index in [1.165, 1.54) is 31.8 Å². The van der Waals surface area contributed by atoms with Crippen molar-refractivity contribution in [1.82, 2.24) is 15.7 Å². The first-order valence-corrected chi connectivity index (χ1v) is 28.0. The Labute approximate surface area is 372 Å². The van der Waals surface area contributed by atoms with Gasteiger partial charge in [-0.25, -0.2) is 0 Å². The van der Waals surface area contributed by atoms with Crippen LogP contribution in [0.2, 0.25) is 0 Å². The molecule has 0 amide bonds. The van der Waals surface area contributed by atoms with Gasteiger partial charge < -0.3 is 0 Å². The first kappa shape index (κ1) is 48.3. The van der Waals surface area contributed by atoms with Gasteiger partial charge in [0.15, 0.2) is 0 Å².